The molecule has 0 aliphatic carbocycles. The summed E-state index contributed by atoms with van der Waals surface area (Å²) in [5.74, 6) is -2.45. The van der Waals surface area contributed by atoms with Gasteiger partial charge in [-0.1, -0.05) is 0 Å². The minimum Gasteiger partial charge on any atom is -0.462 e. The number of ether oxygens (including phenoxy) is 2. The summed E-state index contributed by atoms with van der Waals surface area (Å²) in [6.45, 7) is 5.90. The zero-order valence-electron chi connectivity index (χ0n) is 17.6. The molecule has 2 heterocycles. The first-order chi connectivity index (χ1) is 15.0. The second-order valence-corrected chi connectivity index (χ2v) is 7.43. The highest BCUT2D eigenvalue weighted by molar-refractivity contribution is 7.18. The van der Waals surface area contributed by atoms with E-state index in [-0.39, 0.29) is 34.2 Å². The van der Waals surface area contributed by atoms with Crippen LogP contribution in [-0.2, 0) is 14.3 Å². The van der Waals surface area contributed by atoms with Gasteiger partial charge in [0.25, 0.3) is 12.9 Å². The van der Waals surface area contributed by atoms with Gasteiger partial charge in [-0.2, -0.15) is 5.10 Å². The molecule has 1 atom stereocenters. The Morgan fingerprint density at radius 1 is 1.09 bits per heavy atom. The summed E-state index contributed by atoms with van der Waals surface area (Å²) < 4.78 is 62.8. The third-order valence-electron chi connectivity index (χ3n) is 4.30. The van der Waals surface area contributed by atoms with Crippen LogP contribution in [0, 0.1) is 6.92 Å². The first-order valence-electron chi connectivity index (χ1n) is 9.47. The van der Waals surface area contributed by atoms with Crippen molar-refractivity contribution in [2.24, 2.45) is 0 Å². The van der Waals surface area contributed by atoms with Gasteiger partial charge in [-0.3, -0.25) is 9.48 Å². The minimum absolute atomic E-state index is 0.0219. The number of amides is 1. The summed E-state index contributed by atoms with van der Waals surface area (Å²) in [5.41, 5.74) is -1.64. The number of aromatic nitrogens is 2. The van der Waals surface area contributed by atoms with Crippen molar-refractivity contribution in [3.63, 3.8) is 0 Å². The highest BCUT2D eigenvalue weighted by Crippen LogP contribution is 2.35. The summed E-state index contributed by atoms with van der Waals surface area (Å²) >= 11 is 0.745. The van der Waals surface area contributed by atoms with Crippen molar-refractivity contribution in [2.45, 2.75) is 46.6 Å². The average molecular weight is 479 g/mol. The lowest BCUT2D eigenvalue weighted by Gasteiger charge is -2.15. The highest BCUT2D eigenvalue weighted by Gasteiger charge is 2.31. The van der Waals surface area contributed by atoms with Crippen LogP contribution in [0.4, 0.5) is 22.6 Å². The number of esters is 2. The number of nitrogens with one attached hydrogen (secondary N) is 1. The van der Waals surface area contributed by atoms with Crippen molar-refractivity contribution in [1.29, 1.82) is 0 Å². The summed E-state index contributed by atoms with van der Waals surface area (Å²) in [4.78, 5) is 37.4. The van der Waals surface area contributed by atoms with E-state index in [1.807, 2.05) is 0 Å². The van der Waals surface area contributed by atoms with Gasteiger partial charge in [0.05, 0.1) is 18.8 Å². The SMILES string of the molecule is CCOC(=O)c1sc(NC(=O)C(C)n2nc(C(F)F)cc2C(F)F)c(C(=O)OCC)c1C. The Bertz CT molecular complexity index is 1010. The maximum absolute atomic E-state index is 13.3. The fourth-order valence-corrected chi connectivity index (χ4v) is 3.87. The Labute approximate surface area is 184 Å². The molecule has 0 aliphatic rings. The third-order valence-corrected chi connectivity index (χ3v) is 5.49. The van der Waals surface area contributed by atoms with Crippen molar-refractivity contribution in [1.82, 2.24) is 9.78 Å². The van der Waals surface area contributed by atoms with Gasteiger partial charge in [0.1, 0.15) is 27.3 Å². The van der Waals surface area contributed by atoms with E-state index in [9.17, 15) is 31.9 Å². The summed E-state index contributed by atoms with van der Waals surface area (Å²) in [6.07, 6.45) is -6.26. The van der Waals surface area contributed by atoms with Crippen LogP contribution in [0.25, 0.3) is 0 Å². The normalized spacial score (nSPS) is 12.2. The third kappa shape index (κ3) is 5.26. The number of hydrogen-bond donors (Lipinski definition) is 1. The van der Waals surface area contributed by atoms with Crippen molar-refractivity contribution < 1.29 is 41.4 Å². The lowest BCUT2D eigenvalue weighted by atomic mass is 10.1. The maximum atomic E-state index is 13.3. The number of hydrogen-bond acceptors (Lipinski definition) is 7. The number of rotatable bonds is 9. The van der Waals surface area contributed by atoms with Crippen molar-refractivity contribution in [2.75, 3.05) is 18.5 Å². The molecule has 0 spiro atoms. The fraction of sp³-hybridized carbons (Fsp3) is 0.474. The Hall–Kier alpha value is -2.96. The largest absolute Gasteiger partial charge is 0.462 e. The van der Waals surface area contributed by atoms with Gasteiger partial charge in [0.15, 0.2) is 0 Å². The second-order valence-electron chi connectivity index (χ2n) is 6.41. The molecule has 13 heteroatoms. The molecule has 2 aromatic rings. The van der Waals surface area contributed by atoms with Crippen LogP contribution in [-0.4, -0.2) is 40.8 Å². The van der Waals surface area contributed by atoms with Gasteiger partial charge < -0.3 is 14.8 Å². The molecule has 0 saturated heterocycles. The topological polar surface area (TPSA) is 99.5 Å². The van der Waals surface area contributed by atoms with E-state index in [2.05, 4.69) is 10.4 Å². The van der Waals surface area contributed by atoms with Gasteiger partial charge in [-0.15, -0.1) is 11.3 Å². The standard InChI is InChI=1S/C19H21F4N3O5S/c1-5-30-18(28)12-8(3)13(19(29)31-6-2)32-17(12)24-16(27)9(4)26-11(15(22)23)7-10(25-26)14(20)21/h7,9,14-15H,5-6H2,1-4H3,(H,24,27). The van der Waals surface area contributed by atoms with Crippen LogP contribution < -0.4 is 5.32 Å². The zero-order chi connectivity index (χ0) is 24.2. The van der Waals surface area contributed by atoms with Crippen molar-refractivity contribution in [3.05, 3.63) is 33.5 Å². The summed E-state index contributed by atoms with van der Waals surface area (Å²) in [6, 6.07) is -0.910. The Morgan fingerprint density at radius 3 is 2.22 bits per heavy atom. The van der Waals surface area contributed by atoms with Crippen LogP contribution in [0.15, 0.2) is 6.07 Å². The maximum Gasteiger partial charge on any atom is 0.348 e. The smallest absolute Gasteiger partial charge is 0.348 e. The number of carbonyl (C=O) groups is 3. The molecule has 2 aromatic heterocycles. The molecule has 1 N–H and O–H groups in total. The van der Waals surface area contributed by atoms with E-state index in [1.54, 1.807) is 13.8 Å². The predicted molar refractivity (Wildman–Crippen MR) is 106 cm³/mol. The number of thiophene rings is 1. The highest BCUT2D eigenvalue weighted by atomic mass is 32.1. The van der Waals surface area contributed by atoms with E-state index < -0.39 is 48.1 Å². The molecule has 0 aromatic carbocycles. The molecule has 0 bridgehead atoms. The Balaban J connectivity index is 2.43. The average Bonchev–Trinajstić information content (AvgIpc) is 3.30. The summed E-state index contributed by atoms with van der Waals surface area (Å²) in [5, 5.41) is 5.74. The lowest BCUT2D eigenvalue weighted by molar-refractivity contribution is -0.119. The molecule has 0 aliphatic heterocycles. The van der Waals surface area contributed by atoms with Crippen LogP contribution in [0.2, 0.25) is 0 Å². The minimum atomic E-state index is -3.15. The van der Waals surface area contributed by atoms with Crippen molar-refractivity contribution >= 4 is 34.2 Å². The van der Waals surface area contributed by atoms with Gasteiger partial charge in [0.2, 0.25) is 5.91 Å². The molecule has 2 rings (SSSR count). The van der Waals surface area contributed by atoms with Crippen LogP contribution in [0.5, 0.6) is 0 Å². The molecular weight excluding hydrogens is 458 g/mol. The van der Waals surface area contributed by atoms with Gasteiger partial charge in [0, 0.05) is 0 Å². The number of nitrogens with zero attached hydrogens (tertiary/aromatic N) is 2. The molecule has 1 unspecified atom stereocenters. The second kappa shape index (κ2) is 10.6. The van der Waals surface area contributed by atoms with Crippen molar-refractivity contribution in [3.8, 4) is 0 Å². The number of carbonyl (C=O) groups excluding carboxylic acids is 3. The lowest BCUT2D eigenvalue weighted by Crippen LogP contribution is -2.26. The molecule has 32 heavy (non-hydrogen) atoms. The van der Waals surface area contributed by atoms with Gasteiger partial charge in [-0.05, 0) is 39.3 Å². The molecular formula is C19H21F4N3O5S. The van der Waals surface area contributed by atoms with E-state index in [1.165, 1.54) is 13.8 Å². The zero-order valence-corrected chi connectivity index (χ0v) is 18.4. The fourth-order valence-electron chi connectivity index (χ4n) is 2.78. The monoisotopic (exact) mass is 479 g/mol. The predicted octanol–water partition coefficient (Wildman–Crippen LogP) is 4.68. The van der Waals surface area contributed by atoms with E-state index in [0.29, 0.717) is 10.7 Å². The van der Waals surface area contributed by atoms with E-state index in [4.69, 9.17) is 9.47 Å². The van der Waals surface area contributed by atoms with Crippen LogP contribution >= 0.6 is 11.3 Å². The van der Waals surface area contributed by atoms with Gasteiger partial charge >= 0.3 is 11.9 Å². The molecule has 8 nitrogen and oxygen atoms in total. The molecule has 0 saturated carbocycles. The summed E-state index contributed by atoms with van der Waals surface area (Å²) in [7, 11) is 0. The molecule has 0 radical (unpaired) electrons. The molecule has 0 fully saturated rings. The van der Waals surface area contributed by atoms with Crippen LogP contribution in [0.3, 0.4) is 0 Å². The van der Waals surface area contributed by atoms with E-state index >= 15 is 0 Å². The first kappa shape index (κ1) is 25.3. The number of anilines is 1. The quantitative estimate of drug-likeness (QED) is 0.414. The Morgan fingerprint density at radius 2 is 1.69 bits per heavy atom. The van der Waals surface area contributed by atoms with Crippen LogP contribution in [0.1, 0.15) is 76.6 Å². The number of alkyl halides is 4. The van der Waals surface area contributed by atoms with Gasteiger partial charge in [-0.25, -0.2) is 27.2 Å². The molecule has 176 valence electrons. The first-order valence-corrected chi connectivity index (χ1v) is 10.3. The Kier molecular flexibility index (Phi) is 8.36. The van der Waals surface area contributed by atoms with E-state index in [0.717, 1.165) is 11.3 Å². The number of halogens is 4. The molecule has 1 amide bonds.